The Morgan fingerprint density at radius 3 is 2.14 bits per heavy atom. The van der Waals surface area contributed by atoms with Crippen molar-refractivity contribution < 1.29 is 4.65 Å². The van der Waals surface area contributed by atoms with Gasteiger partial charge in [-0.05, 0) is 50.4 Å². The van der Waals surface area contributed by atoms with Gasteiger partial charge < -0.3 is 19.3 Å². The minimum Gasteiger partial charge on any atom is -0.633 e. The maximum Gasteiger partial charge on any atom is 0.0825 e. The highest BCUT2D eigenvalue weighted by atomic mass is 16.5. The summed E-state index contributed by atoms with van der Waals surface area (Å²) >= 11 is 0. The third-order valence-electron chi connectivity index (χ3n) is 5.68. The molecule has 0 spiro atoms. The van der Waals surface area contributed by atoms with Gasteiger partial charge >= 0.3 is 0 Å². The normalized spacial score (nSPS) is 12.8. The molecule has 1 aromatic heterocycles. The van der Waals surface area contributed by atoms with Gasteiger partial charge in [0.15, 0.2) is 0 Å². The summed E-state index contributed by atoms with van der Waals surface area (Å²) in [6.07, 6.45) is 5.15. The predicted molar refractivity (Wildman–Crippen MR) is 121 cm³/mol. The molecule has 0 aliphatic heterocycles. The zero-order chi connectivity index (χ0) is 20.7. The van der Waals surface area contributed by atoms with Gasteiger partial charge in [-0.3, -0.25) is 0 Å². The lowest BCUT2D eigenvalue weighted by Gasteiger charge is -2.44. The molecule has 2 aromatic rings. The van der Waals surface area contributed by atoms with E-state index in [0.717, 1.165) is 45.4 Å². The average Bonchev–Trinajstić information content (AvgIpc) is 3.00. The van der Waals surface area contributed by atoms with Crippen LogP contribution < -0.4 is 0 Å². The van der Waals surface area contributed by atoms with E-state index in [1.54, 1.807) is 0 Å². The number of aromatic nitrogens is 1. The molecule has 4 nitrogen and oxygen atoms in total. The van der Waals surface area contributed by atoms with Crippen molar-refractivity contribution >= 4 is 10.9 Å². The molecule has 0 aliphatic rings. The Morgan fingerprint density at radius 1 is 0.964 bits per heavy atom. The molecule has 0 fully saturated rings. The summed E-state index contributed by atoms with van der Waals surface area (Å²) < 4.78 is 2.31. The molecule has 1 heterocycles. The molecule has 4 heteroatoms. The molecule has 158 valence electrons. The van der Waals surface area contributed by atoms with Gasteiger partial charge in [0.1, 0.15) is 0 Å². The van der Waals surface area contributed by atoms with Crippen LogP contribution in [-0.4, -0.2) is 54.4 Å². The van der Waals surface area contributed by atoms with E-state index in [9.17, 15) is 5.21 Å². The summed E-state index contributed by atoms with van der Waals surface area (Å²) in [6, 6.07) is 8.63. The number of fused-ring (bicyclic) bond motifs is 1. The summed E-state index contributed by atoms with van der Waals surface area (Å²) in [5.41, 5.74) is 2.61. The maximum atomic E-state index is 13.6. The minimum absolute atomic E-state index is 0.0481. The lowest BCUT2D eigenvalue weighted by atomic mass is 10.1. The molecule has 0 bridgehead atoms. The van der Waals surface area contributed by atoms with Crippen LogP contribution in [-0.2, 0) is 13.0 Å². The zero-order valence-electron chi connectivity index (χ0n) is 18.9. The van der Waals surface area contributed by atoms with E-state index in [4.69, 9.17) is 0 Å². The van der Waals surface area contributed by atoms with Gasteiger partial charge in [-0.1, -0.05) is 45.9 Å². The fourth-order valence-electron chi connectivity index (χ4n) is 3.66. The van der Waals surface area contributed by atoms with Crippen LogP contribution >= 0.6 is 0 Å². The van der Waals surface area contributed by atoms with Gasteiger partial charge in [0.25, 0.3) is 0 Å². The number of hydrogen-bond acceptors (Lipinski definition) is 2. The van der Waals surface area contributed by atoms with Crippen LogP contribution in [0.15, 0.2) is 30.5 Å². The summed E-state index contributed by atoms with van der Waals surface area (Å²) in [7, 11) is 4.22. The number of hydrogen-bond donors (Lipinski definition) is 0. The van der Waals surface area contributed by atoms with Crippen molar-refractivity contribution in [2.45, 2.75) is 53.5 Å². The van der Waals surface area contributed by atoms with Crippen LogP contribution in [0.1, 0.15) is 46.1 Å². The van der Waals surface area contributed by atoms with Crippen molar-refractivity contribution in [2.24, 2.45) is 11.8 Å². The highest BCUT2D eigenvalue weighted by Gasteiger charge is 2.19. The first kappa shape index (κ1) is 22.9. The molecular formula is C24H41N3O. The fourth-order valence-corrected chi connectivity index (χ4v) is 3.66. The number of quaternary nitrogens is 1. The highest BCUT2D eigenvalue weighted by Crippen LogP contribution is 2.24. The summed E-state index contributed by atoms with van der Waals surface area (Å²) in [5, 5.41) is 14.9. The van der Waals surface area contributed by atoms with E-state index in [-0.39, 0.29) is 4.65 Å². The largest absolute Gasteiger partial charge is 0.633 e. The summed E-state index contributed by atoms with van der Waals surface area (Å²) in [6.45, 7) is 13.0. The van der Waals surface area contributed by atoms with Crippen molar-refractivity contribution in [1.82, 2.24) is 9.47 Å². The van der Waals surface area contributed by atoms with Gasteiger partial charge in [0.05, 0.1) is 19.6 Å². The molecule has 1 aromatic carbocycles. The fraction of sp³-hybridized carbons (Fsp3) is 0.667. The number of likely N-dealkylation sites (N-methyl/N-ethyl adjacent to an activating group) is 1. The molecule has 0 saturated heterocycles. The molecule has 0 N–H and O–H groups in total. The van der Waals surface area contributed by atoms with Crippen molar-refractivity contribution in [3.8, 4) is 0 Å². The van der Waals surface area contributed by atoms with E-state index >= 15 is 0 Å². The summed E-state index contributed by atoms with van der Waals surface area (Å²) in [5.74, 6) is 1.16. The zero-order valence-corrected chi connectivity index (χ0v) is 18.9. The first-order valence-electron chi connectivity index (χ1n) is 11.0. The second-order valence-electron chi connectivity index (χ2n) is 9.51. The van der Waals surface area contributed by atoms with E-state index in [2.05, 4.69) is 81.7 Å². The van der Waals surface area contributed by atoms with Crippen LogP contribution in [0.4, 0.5) is 0 Å². The number of benzene rings is 1. The van der Waals surface area contributed by atoms with Crippen LogP contribution in [0, 0.1) is 17.0 Å². The monoisotopic (exact) mass is 387 g/mol. The number of hydroxylamine groups is 3. The SMILES string of the molecule is CC(C)CC[N+]([O-])(CCc1cn(CCN(C)C)c2ccccc12)CCC(C)C. The topological polar surface area (TPSA) is 31.2 Å². The quantitative estimate of drug-likeness (QED) is 0.372. The van der Waals surface area contributed by atoms with Crippen molar-refractivity contribution in [1.29, 1.82) is 0 Å². The third-order valence-corrected chi connectivity index (χ3v) is 5.68. The Hall–Kier alpha value is -1.36. The van der Waals surface area contributed by atoms with Crippen LogP contribution in [0.2, 0.25) is 0 Å². The Morgan fingerprint density at radius 2 is 1.57 bits per heavy atom. The molecule has 0 aliphatic carbocycles. The molecule has 0 radical (unpaired) electrons. The third kappa shape index (κ3) is 6.91. The van der Waals surface area contributed by atoms with Crippen molar-refractivity contribution in [3.63, 3.8) is 0 Å². The van der Waals surface area contributed by atoms with Gasteiger partial charge in [0, 0.05) is 36.6 Å². The standard InChI is InChI=1S/C24H41N3O/c1-20(2)11-16-27(28,17-12-21(3)4)18-13-22-19-26(15-14-25(5)6)24-10-8-7-9-23(22)24/h7-10,19-21H,11-18H2,1-6H3. The Balaban J connectivity index is 2.16. The van der Waals surface area contributed by atoms with E-state index in [1.807, 2.05) is 0 Å². The minimum atomic E-state index is -0.0481. The van der Waals surface area contributed by atoms with Gasteiger partial charge in [-0.25, -0.2) is 0 Å². The van der Waals surface area contributed by atoms with Crippen LogP contribution in [0.25, 0.3) is 10.9 Å². The number of para-hydroxylation sites is 1. The number of rotatable bonds is 12. The number of nitrogens with zero attached hydrogens (tertiary/aromatic N) is 3. The smallest absolute Gasteiger partial charge is 0.0825 e. The van der Waals surface area contributed by atoms with Gasteiger partial charge in [-0.15, -0.1) is 0 Å². The predicted octanol–water partition coefficient (Wildman–Crippen LogP) is 5.15. The van der Waals surface area contributed by atoms with Gasteiger partial charge in [-0.2, -0.15) is 0 Å². The Labute approximate surface area is 172 Å². The van der Waals surface area contributed by atoms with Crippen molar-refractivity contribution in [3.05, 3.63) is 41.2 Å². The highest BCUT2D eigenvalue weighted by molar-refractivity contribution is 5.84. The van der Waals surface area contributed by atoms with E-state index < -0.39 is 0 Å². The lowest BCUT2D eigenvalue weighted by Crippen LogP contribution is -2.46. The molecular weight excluding hydrogens is 346 g/mol. The first-order chi connectivity index (χ1) is 13.2. The van der Waals surface area contributed by atoms with Crippen molar-refractivity contribution in [2.75, 3.05) is 40.3 Å². The second kappa shape index (κ2) is 10.4. The Bertz CT molecular complexity index is 706. The lowest BCUT2D eigenvalue weighted by molar-refractivity contribution is -0.881. The maximum absolute atomic E-state index is 13.6. The molecule has 2 rings (SSSR count). The van der Waals surface area contributed by atoms with E-state index in [0.29, 0.717) is 18.4 Å². The molecule has 0 saturated carbocycles. The van der Waals surface area contributed by atoms with Crippen LogP contribution in [0.5, 0.6) is 0 Å². The van der Waals surface area contributed by atoms with Gasteiger partial charge in [0.2, 0.25) is 0 Å². The van der Waals surface area contributed by atoms with E-state index in [1.165, 1.54) is 16.5 Å². The second-order valence-corrected chi connectivity index (χ2v) is 9.51. The Kier molecular flexibility index (Phi) is 8.54. The molecule has 0 amide bonds. The average molecular weight is 388 g/mol. The molecule has 0 unspecified atom stereocenters. The summed E-state index contributed by atoms with van der Waals surface area (Å²) in [4.78, 5) is 2.21. The van der Waals surface area contributed by atoms with Crippen LogP contribution in [0.3, 0.4) is 0 Å². The molecule has 28 heavy (non-hydrogen) atoms. The molecule has 0 atom stereocenters. The first-order valence-corrected chi connectivity index (χ1v) is 11.0.